The molecule has 0 radical (unpaired) electrons. The molecule has 0 bridgehead atoms. The van der Waals surface area contributed by atoms with Crippen LogP contribution in [0.3, 0.4) is 0 Å². The van der Waals surface area contributed by atoms with Gasteiger partial charge in [-0.3, -0.25) is 4.79 Å². The first-order chi connectivity index (χ1) is 9.31. The van der Waals surface area contributed by atoms with Crippen molar-refractivity contribution in [2.45, 2.75) is 38.6 Å². The monoisotopic (exact) mass is 295 g/mol. The number of aryl methyl sites for hydroxylation is 2. The molecule has 5 heteroatoms. The Labute approximate surface area is 124 Å². The van der Waals surface area contributed by atoms with Gasteiger partial charge in [0.1, 0.15) is 6.04 Å². The van der Waals surface area contributed by atoms with Crippen LogP contribution in [0.4, 0.5) is 0 Å². The second-order valence-electron chi connectivity index (χ2n) is 5.19. The molecular weight excluding hydrogens is 274 g/mol. The Hall–Kier alpha value is -1.49. The molecule has 0 saturated carbocycles. The van der Waals surface area contributed by atoms with E-state index in [1.165, 1.54) is 11.8 Å². The van der Waals surface area contributed by atoms with Crippen LogP contribution in [0.1, 0.15) is 25.0 Å². The van der Waals surface area contributed by atoms with Crippen LogP contribution in [0.2, 0.25) is 0 Å². The summed E-state index contributed by atoms with van der Waals surface area (Å²) < 4.78 is 0. The molecule has 0 heterocycles. The summed E-state index contributed by atoms with van der Waals surface area (Å²) in [7, 11) is 0. The molecule has 1 amide bonds. The number of thioether (sulfide) groups is 1. The third-order valence-corrected chi connectivity index (χ3v) is 4.11. The highest BCUT2D eigenvalue weighted by Gasteiger charge is 2.23. The molecule has 0 unspecified atom stereocenters. The summed E-state index contributed by atoms with van der Waals surface area (Å²) in [5.74, 6) is -1.16. The molecule has 1 aromatic carbocycles. The number of amides is 1. The van der Waals surface area contributed by atoms with E-state index in [0.717, 1.165) is 16.0 Å². The van der Waals surface area contributed by atoms with Gasteiger partial charge in [0.05, 0.1) is 5.75 Å². The smallest absolute Gasteiger partial charge is 0.326 e. The number of nitrogens with one attached hydrogen (secondary N) is 1. The van der Waals surface area contributed by atoms with Gasteiger partial charge in [-0.1, -0.05) is 31.5 Å². The first-order valence-electron chi connectivity index (χ1n) is 6.53. The molecule has 0 aromatic heterocycles. The van der Waals surface area contributed by atoms with Crippen molar-refractivity contribution in [3.63, 3.8) is 0 Å². The zero-order valence-corrected chi connectivity index (χ0v) is 13.1. The summed E-state index contributed by atoms with van der Waals surface area (Å²) in [4.78, 5) is 23.9. The lowest BCUT2D eigenvalue weighted by atomic mass is 10.1. The molecule has 0 aliphatic rings. The highest BCUT2D eigenvalue weighted by atomic mass is 32.2. The van der Waals surface area contributed by atoms with Crippen LogP contribution in [0.15, 0.2) is 23.1 Å². The Kier molecular flexibility index (Phi) is 6.07. The topological polar surface area (TPSA) is 66.4 Å². The molecule has 20 heavy (non-hydrogen) atoms. The molecule has 0 saturated heterocycles. The Balaban J connectivity index is 2.59. The summed E-state index contributed by atoms with van der Waals surface area (Å²) >= 11 is 1.43. The molecule has 1 rings (SSSR count). The van der Waals surface area contributed by atoms with E-state index in [4.69, 9.17) is 5.11 Å². The summed E-state index contributed by atoms with van der Waals surface area (Å²) in [6.45, 7) is 7.55. The summed E-state index contributed by atoms with van der Waals surface area (Å²) in [6, 6.07) is 5.24. The maximum atomic E-state index is 11.8. The minimum Gasteiger partial charge on any atom is -0.480 e. The van der Waals surface area contributed by atoms with E-state index in [-0.39, 0.29) is 17.6 Å². The maximum Gasteiger partial charge on any atom is 0.326 e. The number of carbonyl (C=O) groups is 2. The van der Waals surface area contributed by atoms with Gasteiger partial charge >= 0.3 is 5.97 Å². The number of carbonyl (C=O) groups excluding carboxylic acids is 1. The van der Waals surface area contributed by atoms with Crippen molar-refractivity contribution < 1.29 is 14.7 Å². The Morgan fingerprint density at radius 3 is 2.50 bits per heavy atom. The van der Waals surface area contributed by atoms with E-state index in [1.807, 2.05) is 32.0 Å². The zero-order valence-electron chi connectivity index (χ0n) is 12.3. The van der Waals surface area contributed by atoms with Gasteiger partial charge in [-0.05, 0) is 31.4 Å². The van der Waals surface area contributed by atoms with Gasteiger partial charge in [-0.15, -0.1) is 11.8 Å². The van der Waals surface area contributed by atoms with Crippen molar-refractivity contribution in [2.24, 2.45) is 5.92 Å². The lowest BCUT2D eigenvalue weighted by Gasteiger charge is -2.17. The highest BCUT2D eigenvalue weighted by molar-refractivity contribution is 8.00. The Bertz CT molecular complexity index is 500. The van der Waals surface area contributed by atoms with Crippen LogP contribution in [-0.4, -0.2) is 28.8 Å². The van der Waals surface area contributed by atoms with Gasteiger partial charge in [-0.2, -0.15) is 0 Å². The van der Waals surface area contributed by atoms with E-state index >= 15 is 0 Å². The molecule has 0 fully saturated rings. The maximum absolute atomic E-state index is 11.8. The highest BCUT2D eigenvalue weighted by Crippen LogP contribution is 2.23. The fourth-order valence-corrected chi connectivity index (χ4v) is 2.67. The van der Waals surface area contributed by atoms with E-state index < -0.39 is 12.0 Å². The number of rotatable bonds is 6. The first-order valence-corrected chi connectivity index (χ1v) is 7.52. The molecular formula is C15H21NO3S. The van der Waals surface area contributed by atoms with E-state index in [2.05, 4.69) is 5.32 Å². The molecule has 1 aromatic rings. The summed E-state index contributed by atoms with van der Waals surface area (Å²) in [6.07, 6.45) is 0. The lowest BCUT2D eigenvalue weighted by Crippen LogP contribution is -2.45. The lowest BCUT2D eigenvalue weighted by molar-refractivity contribution is -0.142. The van der Waals surface area contributed by atoms with Gasteiger partial charge in [0.25, 0.3) is 0 Å². The van der Waals surface area contributed by atoms with Crippen LogP contribution in [-0.2, 0) is 9.59 Å². The molecule has 0 aliphatic carbocycles. The van der Waals surface area contributed by atoms with Gasteiger partial charge in [0, 0.05) is 4.90 Å². The first kappa shape index (κ1) is 16.6. The number of benzene rings is 1. The zero-order chi connectivity index (χ0) is 15.3. The quantitative estimate of drug-likeness (QED) is 0.792. The average Bonchev–Trinajstić information content (AvgIpc) is 2.36. The van der Waals surface area contributed by atoms with Crippen molar-refractivity contribution in [1.29, 1.82) is 0 Å². The van der Waals surface area contributed by atoms with Gasteiger partial charge in [0.2, 0.25) is 5.91 Å². The van der Waals surface area contributed by atoms with Crippen molar-refractivity contribution in [3.05, 3.63) is 29.3 Å². The Morgan fingerprint density at radius 2 is 1.95 bits per heavy atom. The Morgan fingerprint density at radius 1 is 1.30 bits per heavy atom. The average molecular weight is 295 g/mol. The van der Waals surface area contributed by atoms with Crippen molar-refractivity contribution in [3.8, 4) is 0 Å². The predicted molar refractivity (Wildman–Crippen MR) is 81.0 cm³/mol. The summed E-state index contributed by atoms with van der Waals surface area (Å²) in [5.41, 5.74) is 2.26. The minimum absolute atomic E-state index is 0.137. The van der Waals surface area contributed by atoms with Gasteiger partial charge < -0.3 is 10.4 Å². The standard InChI is InChI=1S/C15H21NO3S/c1-9(2)14(15(18)19)16-13(17)8-20-12-7-10(3)5-6-11(12)4/h5-7,9,14H,8H2,1-4H3,(H,16,17)(H,18,19)/t14-/m1/s1. The van der Waals surface area contributed by atoms with Crippen LogP contribution >= 0.6 is 11.8 Å². The van der Waals surface area contributed by atoms with Crippen molar-refractivity contribution >= 4 is 23.6 Å². The molecule has 4 nitrogen and oxygen atoms in total. The molecule has 0 spiro atoms. The second-order valence-corrected chi connectivity index (χ2v) is 6.20. The minimum atomic E-state index is -0.995. The predicted octanol–water partition coefficient (Wildman–Crippen LogP) is 2.62. The second kappa shape index (κ2) is 7.33. The van der Waals surface area contributed by atoms with Crippen molar-refractivity contribution in [1.82, 2.24) is 5.32 Å². The number of carboxylic acids is 1. The van der Waals surface area contributed by atoms with Crippen LogP contribution < -0.4 is 5.32 Å². The fraction of sp³-hybridized carbons (Fsp3) is 0.467. The number of carboxylic acid groups (broad SMARTS) is 1. The van der Waals surface area contributed by atoms with Crippen LogP contribution in [0, 0.1) is 19.8 Å². The molecule has 1 atom stereocenters. The largest absolute Gasteiger partial charge is 0.480 e. The molecule has 110 valence electrons. The van der Waals surface area contributed by atoms with Gasteiger partial charge in [-0.25, -0.2) is 4.79 Å². The SMILES string of the molecule is Cc1ccc(C)c(SCC(=O)N[C@@H](C(=O)O)C(C)C)c1. The van der Waals surface area contributed by atoms with E-state index in [1.54, 1.807) is 13.8 Å². The van der Waals surface area contributed by atoms with Crippen molar-refractivity contribution in [2.75, 3.05) is 5.75 Å². The van der Waals surface area contributed by atoms with E-state index in [9.17, 15) is 9.59 Å². The molecule has 0 aliphatic heterocycles. The normalized spacial score (nSPS) is 12.2. The van der Waals surface area contributed by atoms with Gasteiger partial charge in [0.15, 0.2) is 0 Å². The third kappa shape index (κ3) is 4.89. The number of hydrogen-bond donors (Lipinski definition) is 2. The number of hydrogen-bond acceptors (Lipinski definition) is 3. The van der Waals surface area contributed by atoms with E-state index in [0.29, 0.717) is 0 Å². The molecule has 2 N–H and O–H groups in total. The third-order valence-electron chi connectivity index (χ3n) is 2.95. The summed E-state index contributed by atoms with van der Waals surface area (Å²) in [5, 5.41) is 11.6. The van der Waals surface area contributed by atoms with Crippen LogP contribution in [0.5, 0.6) is 0 Å². The fourth-order valence-electron chi connectivity index (χ4n) is 1.73. The number of aliphatic carboxylic acids is 1. The van der Waals surface area contributed by atoms with Crippen LogP contribution in [0.25, 0.3) is 0 Å².